The molecule has 0 bridgehead atoms. The van der Waals surface area contributed by atoms with E-state index in [9.17, 15) is 4.79 Å². The van der Waals surface area contributed by atoms with Gasteiger partial charge >= 0.3 is 0 Å². The molecule has 6 heteroatoms. The fourth-order valence-corrected chi connectivity index (χ4v) is 2.27. The molecule has 1 aromatic rings. The summed E-state index contributed by atoms with van der Waals surface area (Å²) in [5, 5.41) is 3.80. The molecule has 2 rings (SSSR count). The van der Waals surface area contributed by atoms with E-state index in [1.807, 2.05) is 11.8 Å². The van der Waals surface area contributed by atoms with Crippen LogP contribution in [0.1, 0.15) is 43.8 Å². The number of rotatable bonds is 3. The van der Waals surface area contributed by atoms with Crippen molar-refractivity contribution in [1.82, 2.24) is 15.0 Å². The molecule has 2 heterocycles. The molecular weight excluding hydrogens is 232 g/mol. The van der Waals surface area contributed by atoms with E-state index in [1.54, 1.807) is 6.92 Å². The highest BCUT2D eigenvalue weighted by Crippen LogP contribution is 2.25. The highest BCUT2D eigenvalue weighted by atomic mass is 16.5. The monoisotopic (exact) mass is 252 g/mol. The summed E-state index contributed by atoms with van der Waals surface area (Å²) in [6.07, 6.45) is 2.60. The number of likely N-dealkylation sites (tertiary alicyclic amines) is 1. The summed E-state index contributed by atoms with van der Waals surface area (Å²) in [5.41, 5.74) is 5.79. The van der Waals surface area contributed by atoms with Crippen molar-refractivity contribution in [3.63, 3.8) is 0 Å². The Balaban J connectivity index is 2.02. The number of piperidine rings is 1. The van der Waals surface area contributed by atoms with Crippen molar-refractivity contribution in [2.45, 2.75) is 45.1 Å². The molecule has 6 nitrogen and oxygen atoms in total. The van der Waals surface area contributed by atoms with Crippen molar-refractivity contribution in [1.29, 1.82) is 0 Å². The molecule has 0 radical (unpaired) electrons. The van der Waals surface area contributed by atoms with Crippen LogP contribution >= 0.6 is 0 Å². The number of amides is 1. The highest BCUT2D eigenvalue weighted by molar-refractivity contribution is 5.81. The third kappa shape index (κ3) is 2.69. The van der Waals surface area contributed by atoms with E-state index in [0.717, 1.165) is 19.4 Å². The van der Waals surface area contributed by atoms with Crippen LogP contribution < -0.4 is 5.73 Å². The maximum absolute atomic E-state index is 12.0. The van der Waals surface area contributed by atoms with Crippen LogP contribution in [0.4, 0.5) is 0 Å². The Morgan fingerprint density at radius 1 is 1.67 bits per heavy atom. The van der Waals surface area contributed by atoms with E-state index >= 15 is 0 Å². The lowest BCUT2D eigenvalue weighted by molar-refractivity contribution is -0.134. The Morgan fingerprint density at radius 2 is 2.44 bits per heavy atom. The van der Waals surface area contributed by atoms with Gasteiger partial charge in [0.05, 0.1) is 12.0 Å². The van der Waals surface area contributed by atoms with Crippen molar-refractivity contribution >= 4 is 5.91 Å². The largest absolute Gasteiger partial charge is 0.341 e. The SMILES string of the molecule is CC[C@H](N)C(=O)N1CCCC(c2nc(C)no2)C1. The summed E-state index contributed by atoms with van der Waals surface area (Å²) in [6.45, 7) is 5.13. The molecular formula is C12H20N4O2. The summed E-state index contributed by atoms with van der Waals surface area (Å²) < 4.78 is 5.19. The Bertz CT molecular complexity index is 418. The predicted octanol–water partition coefficient (Wildman–Crippen LogP) is 0.821. The number of nitrogens with zero attached hydrogens (tertiary/aromatic N) is 3. The van der Waals surface area contributed by atoms with Gasteiger partial charge in [-0.25, -0.2) is 0 Å². The average Bonchev–Trinajstić information content (AvgIpc) is 2.84. The van der Waals surface area contributed by atoms with Gasteiger partial charge < -0.3 is 15.2 Å². The van der Waals surface area contributed by atoms with E-state index in [1.165, 1.54) is 0 Å². The third-order valence-electron chi connectivity index (χ3n) is 3.38. The first-order valence-electron chi connectivity index (χ1n) is 6.46. The Morgan fingerprint density at radius 3 is 3.06 bits per heavy atom. The van der Waals surface area contributed by atoms with E-state index in [-0.39, 0.29) is 11.8 Å². The van der Waals surface area contributed by atoms with Gasteiger partial charge in [0, 0.05) is 13.1 Å². The van der Waals surface area contributed by atoms with Crippen LogP contribution in [0.5, 0.6) is 0 Å². The molecule has 0 aliphatic carbocycles. The molecule has 0 aromatic carbocycles. The van der Waals surface area contributed by atoms with Crippen LogP contribution in [0.3, 0.4) is 0 Å². The lowest BCUT2D eigenvalue weighted by Crippen LogP contribution is -2.47. The van der Waals surface area contributed by atoms with Crippen molar-refractivity contribution in [3.05, 3.63) is 11.7 Å². The zero-order valence-electron chi connectivity index (χ0n) is 10.9. The molecule has 1 fully saturated rings. The normalized spacial score (nSPS) is 21.9. The molecule has 0 spiro atoms. The molecule has 1 aliphatic rings. The van der Waals surface area contributed by atoms with Crippen LogP contribution in [-0.4, -0.2) is 40.1 Å². The molecule has 1 aliphatic heterocycles. The van der Waals surface area contributed by atoms with Gasteiger partial charge in [-0.3, -0.25) is 4.79 Å². The molecule has 1 aromatic heterocycles. The van der Waals surface area contributed by atoms with E-state index < -0.39 is 6.04 Å². The van der Waals surface area contributed by atoms with Gasteiger partial charge in [0.25, 0.3) is 0 Å². The van der Waals surface area contributed by atoms with Gasteiger partial charge in [0.1, 0.15) is 0 Å². The molecule has 1 amide bonds. The van der Waals surface area contributed by atoms with E-state index in [0.29, 0.717) is 24.7 Å². The molecule has 1 unspecified atom stereocenters. The van der Waals surface area contributed by atoms with Crippen molar-refractivity contribution in [2.75, 3.05) is 13.1 Å². The second-order valence-corrected chi connectivity index (χ2v) is 4.82. The van der Waals surface area contributed by atoms with Crippen LogP contribution in [0.2, 0.25) is 0 Å². The number of carbonyl (C=O) groups excluding carboxylic acids is 1. The maximum Gasteiger partial charge on any atom is 0.239 e. The smallest absolute Gasteiger partial charge is 0.239 e. The summed E-state index contributed by atoms with van der Waals surface area (Å²) in [5.74, 6) is 1.44. The second-order valence-electron chi connectivity index (χ2n) is 4.82. The van der Waals surface area contributed by atoms with Gasteiger partial charge in [-0.05, 0) is 26.2 Å². The topological polar surface area (TPSA) is 85.3 Å². The zero-order chi connectivity index (χ0) is 13.1. The van der Waals surface area contributed by atoms with E-state index in [2.05, 4.69) is 10.1 Å². The van der Waals surface area contributed by atoms with Gasteiger partial charge in [-0.2, -0.15) is 4.98 Å². The minimum Gasteiger partial charge on any atom is -0.341 e. The second kappa shape index (κ2) is 5.48. The number of aryl methyl sites for hydroxylation is 1. The quantitative estimate of drug-likeness (QED) is 0.860. The van der Waals surface area contributed by atoms with Gasteiger partial charge in [0.15, 0.2) is 5.82 Å². The minimum absolute atomic E-state index is 0.0263. The van der Waals surface area contributed by atoms with Gasteiger partial charge in [-0.1, -0.05) is 12.1 Å². The fraction of sp³-hybridized carbons (Fsp3) is 0.750. The average molecular weight is 252 g/mol. The predicted molar refractivity (Wildman–Crippen MR) is 65.9 cm³/mol. The van der Waals surface area contributed by atoms with Crippen LogP contribution in [0.15, 0.2) is 4.52 Å². The van der Waals surface area contributed by atoms with Gasteiger partial charge in [-0.15, -0.1) is 0 Å². The van der Waals surface area contributed by atoms with Crippen LogP contribution in [-0.2, 0) is 4.79 Å². The Labute approximate surface area is 107 Å². The maximum atomic E-state index is 12.0. The first-order chi connectivity index (χ1) is 8.61. The lowest BCUT2D eigenvalue weighted by atomic mass is 9.97. The van der Waals surface area contributed by atoms with Gasteiger partial charge in [0.2, 0.25) is 11.8 Å². The number of nitrogens with two attached hydrogens (primary N) is 1. The molecule has 18 heavy (non-hydrogen) atoms. The van der Waals surface area contributed by atoms with Crippen molar-refractivity contribution in [3.8, 4) is 0 Å². The van der Waals surface area contributed by atoms with Crippen molar-refractivity contribution in [2.24, 2.45) is 5.73 Å². The Hall–Kier alpha value is -1.43. The van der Waals surface area contributed by atoms with E-state index in [4.69, 9.17) is 10.3 Å². The standard InChI is InChI=1S/C12H20N4O2/c1-3-10(13)12(17)16-6-4-5-9(7-16)11-14-8(2)15-18-11/h9-10H,3-7,13H2,1-2H3/t9?,10-/m0/s1. The summed E-state index contributed by atoms with van der Waals surface area (Å²) >= 11 is 0. The van der Waals surface area contributed by atoms with Crippen LogP contribution in [0, 0.1) is 6.92 Å². The summed E-state index contributed by atoms with van der Waals surface area (Å²) in [6, 6.07) is -0.395. The first-order valence-corrected chi connectivity index (χ1v) is 6.46. The van der Waals surface area contributed by atoms with Crippen molar-refractivity contribution < 1.29 is 9.32 Å². The molecule has 1 saturated heterocycles. The number of hydrogen-bond donors (Lipinski definition) is 1. The molecule has 2 N–H and O–H groups in total. The lowest BCUT2D eigenvalue weighted by Gasteiger charge is -2.32. The zero-order valence-corrected chi connectivity index (χ0v) is 10.9. The van der Waals surface area contributed by atoms with Crippen LogP contribution in [0.25, 0.3) is 0 Å². The fourth-order valence-electron chi connectivity index (χ4n) is 2.27. The number of hydrogen-bond acceptors (Lipinski definition) is 5. The summed E-state index contributed by atoms with van der Waals surface area (Å²) in [7, 11) is 0. The Kier molecular flexibility index (Phi) is 3.96. The molecule has 0 saturated carbocycles. The molecule has 100 valence electrons. The number of aromatic nitrogens is 2. The minimum atomic E-state index is -0.395. The number of carbonyl (C=O) groups is 1. The molecule has 2 atom stereocenters. The first kappa shape index (κ1) is 13.0. The third-order valence-corrected chi connectivity index (χ3v) is 3.38. The summed E-state index contributed by atoms with van der Waals surface area (Å²) in [4.78, 5) is 18.1. The highest BCUT2D eigenvalue weighted by Gasteiger charge is 2.29.